The quantitative estimate of drug-likeness (QED) is 0.103. The first-order chi connectivity index (χ1) is 15.8. The first-order valence-electron chi connectivity index (χ1n) is 10.3. The van der Waals surface area contributed by atoms with Crippen LogP contribution in [0.15, 0.2) is 0 Å². The number of amides is 3. The summed E-state index contributed by atoms with van der Waals surface area (Å²) in [7, 11) is 0. The maximum absolute atomic E-state index is 12.7. The van der Waals surface area contributed by atoms with Gasteiger partial charge >= 0.3 is 17.9 Å². The molecule has 0 aliphatic rings. The first-order valence-corrected chi connectivity index (χ1v) is 11.7. The molecule has 0 bridgehead atoms. The summed E-state index contributed by atoms with van der Waals surface area (Å²) in [6, 6.07) is -5.64. The fourth-order valence-electron chi connectivity index (χ4n) is 2.64. The van der Waals surface area contributed by atoms with E-state index in [9.17, 15) is 39.0 Å². The largest absolute Gasteiger partial charge is 0.481 e. The molecule has 0 aromatic heterocycles. The molecular formula is C19H32N4O10S. The Morgan fingerprint density at radius 3 is 1.79 bits per heavy atom. The minimum absolute atomic E-state index is 0.0857. The van der Waals surface area contributed by atoms with Crippen LogP contribution < -0.4 is 21.7 Å². The Bertz CT molecular complexity index is 749. The molecule has 0 spiro atoms. The molecule has 0 radical (unpaired) electrons. The van der Waals surface area contributed by atoms with Crippen LogP contribution in [0.25, 0.3) is 0 Å². The van der Waals surface area contributed by atoms with Gasteiger partial charge in [-0.15, -0.1) is 0 Å². The number of thioether (sulfide) groups is 1. The molecule has 0 fully saturated rings. The van der Waals surface area contributed by atoms with Crippen molar-refractivity contribution < 1.29 is 49.2 Å². The number of aliphatic hydroxyl groups is 1. The molecule has 34 heavy (non-hydrogen) atoms. The van der Waals surface area contributed by atoms with Crippen LogP contribution in [-0.2, 0) is 28.8 Å². The van der Waals surface area contributed by atoms with E-state index in [-0.39, 0.29) is 19.3 Å². The zero-order valence-electron chi connectivity index (χ0n) is 18.9. The minimum atomic E-state index is -1.60. The summed E-state index contributed by atoms with van der Waals surface area (Å²) >= 11 is 1.35. The molecule has 0 rings (SSSR count). The molecule has 5 atom stereocenters. The summed E-state index contributed by atoms with van der Waals surface area (Å²) in [4.78, 5) is 70.5. The monoisotopic (exact) mass is 508 g/mol. The van der Waals surface area contributed by atoms with Crippen LogP contribution in [0.1, 0.15) is 39.0 Å². The number of nitrogens with two attached hydrogens (primary N) is 1. The number of rotatable bonds is 17. The SMILES string of the molecule is CSCCC(NC(=O)C(CCC(=O)O)NC(=O)C(NC(=O)C(N)CCC(=O)O)C(C)O)C(=O)O. The summed E-state index contributed by atoms with van der Waals surface area (Å²) in [5.41, 5.74) is 5.59. The highest BCUT2D eigenvalue weighted by Gasteiger charge is 2.32. The Kier molecular flexibility index (Phi) is 14.5. The Labute approximate surface area is 200 Å². The zero-order valence-corrected chi connectivity index (χ0v) is 19.7. The Balaban J connectivity index is 5.43. The third-order valence-electron chi connectivity index (χ3n) is 4.57. The summed E-state index contributed by atoms with van der Waals surface area (Å²) < 4.78 is 0. The van der Waals surface area contributed by atoms with E-state index in [2.05, 4.69) is 16.0 Å². The van der Waals surface area contributed by atoms with E-state index in [1.165, 1.54) is 18.7 Å². The molecule has 0 saturated heterocycles. The second-order valence-corrected chi connectivity index (χ2v) is 8.43. The van der Waals surface area contributed by atoms with Gasteiger partial charge in [-0.2, -0.15) is 11.8 Å². The number of hydrogen-bond donors (Lipinski definition) is 8. The highest BCUT2D eigenvalue weighted by atomic mass is 32.2. The molecule has 0 saturated carbocycles. The van der Waals surface area contributed by atoms with Crippen LogP contribution in [-0.4, -0.2) is 98.3 Å². The van der Waals surface area contributed by atoms with Crippen LogP contribution >= 0.6 is 11.8 Å². The number of nitrogens with one attached hydrogen (secondary N) is 3. The lowest BCUT2D eigenvalue weighted by Crippen LogP contribution is -2.59. The normalized spacial score (nSPS) is 15.2. The van der Waals surface area contributed by atoms with Crippen molar-refractivity contribution in [3.63, 3.8) is 0 Å². The third-order valence-corrected chi connectivity index (χ3v) is 5.22. The number of carboxylic acids is 3. The summed E-state index contributed by atoms with van der Waals surface area (Å²) in [6.07, 6.45) is -1.19. The van der Waals surface area contributed by atoms with E-state index < -0.39 is 78.7 Å². The van der Waals surface area contributed by atoms with Gasteiger partial charge in [0.05, 0.1) is 12.1 Å². The van der Waals surface area contributed by atoms with Gasteiger partial charge in [0.2, 0.25) is 17.7 Å². The van der Waals surface area contributed by atoms with Crippen molar-refractivity contribution in [3.8, 4) is 0 Å². The maximum Gasteiger partial charge on any atom is 0.326 e. The van der Waals surface area contributed by atoms with E-state index >= 15 is 0 Å². The van der Waals surface area contributed by atoms with Crippen LogP contribution in [0.3, 0.4) is 0 Å². The van der Waals surface area contributed by atoms with Crippen LogP contribution in [0.4, 0.5) is 0 Å². The Hall–Kier alpha value is -2.91. The minimum Gasteiger partial charge on any atom is -0.481 e. The fourth-order valence-corrected chi connectivity index (χ4v) is 3.11. The molecule has 9 N–H and O–H groups in total. The summed E-state index contributed by atoms with van der Waals surface area (Å²) in [5, 5.41) is 43.5. The van der Waals surface area contributed by atoms with E-state index in [0.717, 1.165) is 0 Å². The number of aliphatic carboxylic acids is 3. The van der Waals surface area contributed by atoms with Crippen molar-refractivity contribution in [1.82, 2.24) is 16.0 Å². The average molecular weight is 509 g/mol. The molecule has 0 aliphatic carbocycles. The Morgan fingerprint density at radius 1 is 0.794 bits per heavy atom. The summed E-state index contributed by atoms with van der Waals surface area (Å²) in [5.74, 6) is -6.26. The zero-order chi connectivity index (χ0) is 26.4. The Morgan fingerprint density at radius 2 is 1.32 bits per heavy atom. The van der Waals surface area contributed by atoms with Crippen LogP contribution in [0, 0.1) is 0 Å². The molecule has 3 amide bonds. The molecule has 14 nitrogen and oxygen atoms in total. The van der Waals surface area contributed by atoms with Crippen LogP contribution in [0.2, 0.25) is 0 Å². The second-order valence-electron chi connectivity index (χ2n) is 7.44. The number of hydrogen-bond acceptors (Lipinski definition) is 9. The molecule has 0 heterocycles. The predicted octanol–water partition coefficient (Wildman–Crippen LogP) is -2.28. The van der Waals surface area contributed by atoms with Crippen molar-refractivity contribution >= 4 is 47.4 Å². The molecule has 0 aliphatic heterocycles. The van der Waals surface area contributed by atoms with E-state index in [1.54, 1.807) is 6.26 Å². The van der Waals surface area contributed by atoms with Crippen molar-refractivity contribution in [2.24, 2.45) is 5.73 Å². The van der Waals surface area contributed by atoms with Crippen molar-refractivity contribution in [3.05, 3.63) is 0 Å². The second kappa shape index (κ2) is 15.8. The molecule has 0 aromatic rings. The highest BCUT2D eigenvalue weighted by molar-refractivity contribution is 7.98. The average Bonchev–Trinajstić information content (AvgIpc) is 2.74. The number of aliphatic hydroxyl groups excluding tert-OH is 1. The van der Waals surface area contributed by atoms with Crippen LogP contribution in [0.5, 0.6) is 0 Å². The van der Waals surface area contributed by atoms with E-state index in [4.69, 9.17) is 15.9 Å². The molecule has 194 valence electrons. The van der Waals surface area contributed by atoms with Crippen molar-refractivity contribution in [2.45, 2.75) is 69.3 Å². The number of carbonyl (C=O) groups is 6. The smallest absolute Gasteiger partial charge is 0.326 e. The van der Waals surface area contributed by atoms with Crippen molar-refractivity contribution in [1.29, 1.82) is 0 Å². The number of carbonyl (C=O) groups excluding carboxylic acids is 3. The lowest BCUT2D eigenvalue weighted by Gasteiger charge is -2.26. The van der Waals surface area contributed by atoms with E-state index in [0.29, 0.717) is 5.75 Å². The predicted molar refractivity (Wildman–Crippen MR) is 120 cm³/mol. The van der Waals surface area contributed by atoms with Gasteiger partial charge in [-0.1, -0.05) is 0 Å². The van der Waals surface area contributed by atoms with Gasteiger partial charge in [-0.05, 0) is 38.2 Å². The highest BCUT2D eigenvalue weighted by Crippen LogP contribution is 2.06. The van der Waals surface area contributed by atoms with Gasteiger partial charge in [-0.25, -0.2) is 4.79 Å². The van der Waals surface area contributed by atoms with Gasteiger partial charge in [0.15, 0.2) is 0 Å². The van der Waals surface area contributed by atoms with Gasteiger partial charge in [0.1, 0.15) is 18.1 Å². The lowest BCUT2D eigenvalue weighted by molar-refractivity contribution is -0.143. The lowest BCUT2D eigenvalue weighted by atomic mass is 10.1. The van der Waals surface area contributed by atoms with Gasteiger partial charge in [-0.3, -0.25) is 24.0 Å². The van der Waals surface area contributed by atoms with E-state index in [1.807, 2.05) is 0 Å². The molecule has 0 aromatic carbocycles. The maximum atomic E-state index is 12.7. The molecule has 15 heteroatoms. The van der Waals surface area contributed by atoms with Crippen molar-refractivity contribution in [2.75, 3.05) is 12.0 Å². The fraction of sp³-hybridized carbons (Fsp3) is 0.684. The molecular weight excluding hydrogens is 476 g/mol. The standard InChI is InChI=1S/C19H32N4O10S/c1-9(24)15(23-16(29)10(20)3-5-13(25)26)18(31)21-11(4-6-14(27)28)17(30)22-12(19(32)33)7-8-34-2/h9-12,15,24H,3-8,20H2,1-2H3,(H,21,31)(H,22,30)(H,23,29)(H,25,26)(H,27,28)(H,32,33). The van der Waals surface area contributed by atoms with Gasteiger partial charge in [0.25, 0.3) is 0 Å². The molecule has 5 unspecified atom stereocenters. The third kappa shape index (κ3) is 12.4. The first kappa shape index (κ1) is 31.1. The van der Waals surface area contributed by atoms with Gasteiger partial charge < -0.3 is 42.1 Å². The topological polar surface area (TPSA) is 245 Å². The van der Waals surface area contributed by atoms with Gasteiger partial charge in [0, 0.05) is 12.8 Å². The summed E-state index contributed by atoms with van der Waals surface area (Å²) in [6.45, 7) is 1.17. The number of carboxylic acid groups (broad SMARTS) is 3.